The summed E-state index contributed by atoms with van der Waals surface area (Å²) in [5, 5.41) is 9.72. The molecule has 1 N–H and O–H groups in total. The molecule has 2 aromatic carbocycles. The van der Waals surface area contributed by atoms with Gasteiger partial charge in [0.1, 0.15) is 11.5 Å². The summed E-state index contributed by atoms with van der Waals surface area (Å²) >= 11 is 6.35. The smallest absolute Gasteiger partial charge is 0.335 e. The molecule has 172 valence electrons. The van der Waals surface area contributed by atoms with Gasteiger partial charge in [0.15, 0.2) is 13.6 Å². The van der Waals surface area contributed by atoms with Crippen LogP contribution in [0.2, 0.25) is 5.02 Å². The third-order valence-corrected chi connectivity index (χ3v) is 5.70. The Hall–Kier alpha value is -2.81. The number of carboxylic acid groups (broad SMARTS) is 1. The number of carboxylic acids is 1. The van der Waals surface area contributed by atoms with Gasteiger partial charge in [-0.05, 0) is 43.0 Å². The van der Waals surface area contributed by atoms with Crippen LogP contribution in [0, 0.1) is 6.92 Å². The second kappa shape index (κ2) is 10.7. The Kier molecular flexibility index (Phi) is 7.95. The molecule has 3 rings (SSSR count). The van der Waals surface area contributed by atoms with Crippen LogP contribution in [-0.4, -0.2) is 56.2 Å². The van der Waals surface area contributed by atoms with Crippen LogP contribution in [0.4, 0.5) is 0 Å². The molecule has 0 aromatic heterocycles. The van der Waals surface area contributed by atoms with Crippen LogP contribution in [0.15, 0.2) is 30.3 Å². The number of ether oxygens (including phenoxy) is 4. The summed E-state index contributed by atoms with van der Waals surface area (Å²) in [6, 6.07) is 7.94. The van der Waals surface area contributed by atoms with Crippen molar-refractivity contribution in [3.8, 4) is 11.5 Å². The summed E-state index contributed by atoms with van der Waals surface area (Å²) in [7, 11) is 2.97. The number of halogens is 1. The summed E-state index contributed by atoms with van der Waals surface area (Å²) < 4.78 is 21.0. The number of amides is 1. The Labute approximate surface area is 191 Å². The van der Waals surface area contributed by atoms with Gasteiger partial charge in [-0.3, -0.25) is 4.79 Å². The first-order valence-electron chi connectivity index (χ1n) is 10.1. The Morgan fingerprint density at radius 2 is 1.78 bits per heavy atom. The number of rotatable bonds is 9. The first kappa shape index (κ1) is 23.8. The molecule has 1 unspecified atom stereocenters. The summed E-state index contributed by atoms with van der Waals surface area (Å²) in [4.78, 5) is 26.9. The molecule has 9 heteroatoms. The fourth-order valence-electron chi connectivity index (χ4n) is 3.91. The number of carbonyl (C=O) groups excluding carboxylic acids is 1. The maximum Gasteiger partial charge on any atom is 0.335 e. The molecule has 1 saturated heterocycles. The van der Waals surface area contributed by atoms with Gasteiger partial charge >= 0.3 is 5.97 Å². The topological polar surface area (TPSA) is 94.5 Å². The highest BCUT2D eigenvalue weighted by Gasteiger charge is 2.34. The highest BCUT2D eigenvalue weighted by molar-refractivity contribution is 6.32. The van der Waals surface area contributed by atoms with Gasteiger partial charge in [-0.25, -0.2) is 4.79 Å². The van der Waals surface area contributed by atoms with E-state index in [4.69, 9.17) is 30.5 Å². The predicted octanol–water partition coefficient (Wildman–Crippen LogP) is 4.29. The number of nitrogens with zero attached hydrogens (tertiary/aromatic N) is 1. The molecule has 0 bridgehead atoms. The van der Waals surface area contributed by atoms with Crippen molar-refractivity contribution in [2.24, 2.45) is 0 Å². The van der Waals surface area contributed by atoms with Gasteiger partial charge in [0.2, 0.25) is 0 Å². The van der Waals surface area contributed by atoms with Gasteiger partial charge in [-0.1, -0.05) is 23.7 Å². The normalized spacial score (nSPS) is 15.6. The lowest BCUT2D eigenvalue weighted by molar-refractivity contribution is 0.0448. The van der Waals surface area contributed by atoms with Gasteiger partial charge in [0, 0.05) is 26.8 Å². The van der Waals surface area contributed by atoms with Gasteiger partial charge < -0.3 is 29.0 Å². The third-order valence-electron chi connectivity index (χ3n) is 5.41. The number of likely N-dealkylation sites (tertiary alicyclic amines) is 1. The van der Waals surface area contributed by atoms with E-state index in [0.717, 1.165) is 18.4 Å². The van der Waals surface area contributed by atoms with E-state index in [1.807, 2.05) is 6.07 Å². The van der Waals surface area contributed by atoms with Crippen LogP contribution in [0.1, 0.15) is 50.7 Å². The first-order chi connectivity index (χ1) is 15.4. The lowest BCUT2D eigenvalue weighted by atomic mass is 9.95. The molecule has 1 fully saturated rings. The number of aromatic carboxylic acids is 1. The molecule has 1 aliphatic heterocycles. The fourth-order valence-corrected chi connectivity index (χ4v) is 4.13. The van der Waals surface area contributed by atoms with E-state index >= 15 is 0 Å². The minimum absolute atomic E-state index is 0.00980. The minimum Gasteiger partial charge on any atom is -0.478 e. The number of benzene rings is 2. The molecule has 32 heavy (non-hydrogen) atoms. The fraction of sp³-hybridized carbons (Fsp3) is 0.391. The standard InChI is InChI=1S/C23H26ClNO7/c1-14-15(6-4-7-16(14)23(27)28)19-8-5-9-25(19)22(26)17-10-18(24)21(32-13-30-3)11-20(17)31-12-29-2/h4,6-7,10-11,19H,5,8-9,12-13H2,1-3H3,(H,27,28). The monoisotopic (exact) mass is 463 g/mol. The lowest BCUT2D eigenvalue weighted by Crippen LogP contribution is -2.31. The van der Waals surface area contributed by atoms with E-state index in [1.165, 1.54) is 26.4 Å². The summed E-state index contributed by atoms with van der Waals surface area (Å²) in [5.74, 6) is -0.666. The zero-order valence-electron chi connectivity index (χ0n) is 18.2. The van der Waals surface area contributed by atoms with E-state index in [-0.39, 0.29) is 47.4 Å². The van der Waals surface area contributed by atoms with Crippen LogP contribution < -0.4 is 9.47 Å². The van der Waals surface area contributed by atoms with E-state index in [1.54, 1.807) is 24.0 Å². The molecule has 0 saturated carbocycles. The molecule has 2 aromatic rings. The van der Waals surface area contributed by atoms with Crippen molar-refractivity contribution >= 4 is 23.5 Å². The first-order valence-corrected chi connectivity index (χ1v) is 10.5. The maximum atomic E-state index is 13.6. The molecule has 1 aliphatic rings. The molecule has 1 heterocycles. The van der Waals surface area contributed by atoms with E-state index in [2.05, 4.69) is 0 Å². The van der Waals surface area contributed by atoms with E-state index in [0.29, 0.717) is 17.9 Å². The van der Waals surface area contributed by atoms with Crippen molar-refractivity contribution in [1.82, 2.24) is 4.90 Å². The number of carbonyl (C=O) groups is 2. The minimum atomic E-state index is -0.992. The quantitative estimate of drug-likeness (QED) is 0.554. The molecule has 1 amide bonds. The van der Waals surface area contributed by atoms with Crippen molar-refractivity contribution in [2.45, 2.75) is 25.8 Å². The lowest BCUT2D eigenvalue weighted by Gasteiger charge is -2.28. The molecule has 0 radical (unpaired) electrons. The van der Waals surface area contributed by atoms with Crippen molar-refractivity contribution in [3.63, 3.8) is 0 Å². The zero-order chi connectivity index (χ0) is 23.3. The van der Waals surface area contributed by atoms with Crippen LogP contribution >= 0.6 is 11.6 Å². The highest BCUT2D eigenvalue weighted by Crippen LogP contribution is 2.39. The third kappa shape index (κ3) is 4.98. The Morgan fingerprint density at radius 1 is 1.09 bits per heavy atom. The summed E-state index contributed by atoms with van der Waals surface area (Å²) in [6.45, 7) is 2.23. The van der Waals surface area contributed by atoms with Crippen LogP contribution in [-0.2, 0) is 9.47 Å². The molecule has 8 nitrogen and oxygen atoms in total. The van der Waals surface area contributed by atoms with Crippen LogP contribution in [0.25, 0.3) is 0 Å². The Balaban J connectivity index is 1.97. The van der Waals surface area contributed by atoms with Gasteiger partial charge in [0.25, 0.3) is 5.91 Å². The molecule has 0 spiro atoms. The number of hydrogen-bond acceptors (Lipinski definition) is 6. The number of methoxy groups -OCH3 is 2. The largest absolute Gasteiger partial charge is 0.478 e. The average molecular weight is 464 g/mol. The second-order valence-electron chi connectivity index (χ2n) is 7.36. The van der Waals surface area contributed by atoms with E-state index < -0.39 is 5.97 Å². The molecule has 0 aliphatic carbocycles. The Morgan fingerprint density at radius 3 is 2.44 bits per heavy atom. The molecular weight excluding hydrogens is 438 g/mol. The summed E-state index contributed by atoms with van der Waals surface area (Å²) in [6.07, 6.45) is 1.52. The highest BCUT2D eigenvalue weighted by atomic mass is 35.5. The maximum absolute atomic E-state index is 13.6. The van der Waals surface area contributed by atoms with Gasteiger partial charge in [-0.2, -0.15) is 0 Å². The van der Waals surface area contributed by atoms with Gasteiger partial charge in [0.05, 0.1) is 22.2 Å². The average Bonchev–Trinajstić information content (AvgIpc) is 3.26. The number of hydrogen-bond donors (Lipinski definition) is 1. The zero-order valence-corrected chi connectivity index (χ0v) is 19.0. The molecular formula is C23H26ClNO7. The molecule has 1 atom stereocenters. The van der Waals surface area contributed by atoms with Crippen LogP contribution in [0.5, 0.6) is 11.5 Å². The summed E-state index contributed by atoms with van der Waals surface area (Å²) in [5.41, 5.74) is 1.98. The second-order valence-corrected chi connectivity index (χ2v) is 7.77. The van der Waals surface area contributed by atoms with Crippen molar-refractivity contribution in [2.75, 3.05) is 34.4 Å². The predicted molar refractivity (Wildman–Crippen MR) is 118 cm³/mol. The van der Waals surface area contributed by atoms with Crippen LogP contribution in [0.3, 0.4) is 0 Å². The van der Waals surface area contributed by atoms with E-state index in [9.17, 15) is 14.7 Å². The van der Waals surface area contributed by atoms with Crippen molar-refractivity contribution in [3.05, 3.63) is 57.6 Å². The SMILES string of the molecule is COCOc1cc(OCOC)c(C(=O)N2CCCC2c2cccc(C(=O)O)c2C)cc1Cl. The Bertz CT molecular complexity index is 995. The van der Waals surface area contributed by atoms with Gasteiger partial charge in [-0.15, -0.1) is 0 Å². The van der Waals surface area contributed by atoms with Crippen molar-refractivity contribution < 1.29 is 33.6 Å². The van der Waals surface area contributed by atoms with Crippen molar-refractivity contribution in [1.29, 1.82) is 0 Å².